The maximum absolute atomic E-state index is 13.2. The van der Waals surface area contributed by atoms with Gasteiger partial charge in [-0.15, -0.1) is 0 Å². The summed E-state index contributed by atoms with van der Waals surface area (Å²) < 4.78 is 7.73. The van der Waals surface area contributed by atoms with Gasteiger partial charge in [-0.1, -0.05) is 48.0 Å². The van der Waals surface area contributed by atoms with E-state index in [9.17, 15) is 14.7 Å². The number of aromatic nitrogens is 2. The number of carbonyl (C=O) groups excluding carboxylic acids is 2. The number of aliphatic hydroxyl groups is 1. The summed E-state index contributed by atoms with van der Waals surface area (Å²) >= 11 is 6.55. The number of ketones is 1. The lowest BCUT2D eigenvalue weighted by Crippen LogP contribution is -2.59. The van der Waals surface area contributed by atoms with Crippen molar-refractivity contribution in [3.63, 3.8) is 0 Å². The van der Waals surface area contributed by atoms with E-state index in [1.54, 1.807) is 37.3 Å². The first-order valence-corrected chi connectivity index (χ1v) is 14.9. The fourth-order valence-electron chi connectivity index (χ4n) is 5.88. The van der Waals surface area contributed by atoms with Crippen LogP contribution in [0.1, 0.15) is 54.2 Å². The molecule has 218 valence electrons. The number of nitrogens with zero attached hydrogens (tertiary/aromatic N) is 3. The second-order valence-corrected chi connectivity index (χ2v) is 11.8. The highest BCUT2D eigenvalue weighted by molar-refractivity contribution is 6.42. The standard InChI is InChI=1S/C33H35ClN4O4/c1-20-27-18-24(10-14-29(27)37(3)36-20)22-6-8-23(9-7-22)31(39)32(40)35-21(2)33(41,38-16-4-5-17-38)25-11-15-30(28(34)19-25)42-26-12-13-26/h6-11,14-15,18-19,21,26,41H,4-5,12-13,16-17H2,1-3H3,(H,35,40)/t21-,33+/m1/s1. The van der Waals surface area contributed by atoms with Crippen LogP contribution in [0.4, 0.5) is 0 Å². The van der Waals surface area contributed by atoms with Crippen LogP contribution in [-0.4, -0.2) is 56.7 Å². The van der Waals surface area contributed by atoms with Crippen molar-refractivity contribution in [3.05, 3.63) is 82.5 Å². The maximum atomic E-state index is 13.2. The van der Waals surface area contributed by atoms with Crippen LogP contribution in [0.2, 0.25) is 5.02 Å². The number of nitrogens with one attached hydrogen (secondary N) is 1. The quantitative estimate of drug-likeness (QED) is 0.202. The summed E-state index contributed by atoms with van der Waals surface area (Å²) in [5, 5.41) is 20.9. The molecule has 0 unspecified atom stereocenters. The summed E-state index contributed by atoms with van der Waals surface area (Å²) in [6, 6.07) is 17.6. The summed E-state index contributed by atoms with van der Waals surface area (Å²) in [5.74, 6) is -0.862. The van der Waals surface area contributed by atoms with Crippen LogP contribution in [0, 0.1) is 6.92 Å². The predicted molar refractivity (Wildman–Crippen MR) is 163 cm³/mol. The number of benzene rings is 3. The van der Waals surface area contributed by atoms with Gasteiger partial charge in [0.15, 0.2) is 5.72 Å². The van der Waals surface area contributed by atoms with E-state index in [4.69, 9.17) is 16.3 Å². The topological polar surface area (TPSA) is 96.7 Å². The molecule has 2 heterocycles. The minimum atomic E-state index is -1.55. The van der Waals surface area contributed by atoms with Crippen molar-refractivity contribution in [2.24, 2.45) is 7.05 Å². The summed E-state index contributed by atoms with van der Waals surface area (Å²) in [6.45, 7) is 5.01. The molecule has 1 saturated carbocycles. The van der Waals surface area contributed by atoms with Crippen molar-refractivity contribution < 1.29 is 19.4 Å². The van der Waals surface area contributed by atoms with E-state index in [0.717, 1.165) is 53.4 Å². The highest BCUT2D eigenvalue weighted by atomic mass is 35.5. The molecule has 8 nitrogen and oxygen atoms in total. The fourth-order valence-corrected chi connectivity index (χ4v) is 6.11. The number of Topliss-reactive ketones (excluding diaryl/α,β-unsaturated/α-hetero) is 1. The highest BCUT2D eigenvalue weighted by Gasteiger charge is 2.44. The smallest absolute Gasteiger partial charge is 0.292 e. The van der Waals surface area contributed by atoms with Gasteiger partial charge in [0.1, 0.15) is 5.75 Å². The number of hydrogen-bond donors (Lipinski definition) is 2. The zero-order valence-electron chi connectivity index (χ0n) is 24.1. The number of aryl methyl sites for hydroxylation is 2. The number of ether oxygens (including phenoxy) is 1. The van der Waals surface area contributed by atoms with E-state index in [0.29, 0.717) is 29.4 Å². The molecule has 3 aromatic carbocycles. The lowest BCUT2D eigenvalue weighted by Gasteiger charge is -2.42. The first-order valence-electron chi connectivity index (χ1n) is 14.5. The molecule has 2 aliphatic rings. The van der Waals surface area contributed by atoms with Gasteiger partial charge in [-0.05, 0) is 74.9 Å². The second kappa shape index (κ2) is 11.2. The molecule has 42 heavy (non-hydrogen) atoms. The lowest BCUT2D eigenvalue weighted by atomic mass is 9.93. The molecule has 2 N–H and O–H groups in total. The van der Waals surface area contributed by atoms with Gasteiger partial charge in [0, 0.05) is 36.7 Å². The number of hydrogen-bond acceptors (Lipinski definition) is 6. The summed E-state index contributed by atoms with van der Waals surface area (Å²) in [5.41, 5.74) is 3.19. The Balaban J connectivity index is 1.19. The SMILES string of the molecule is Cc1nn(C)c2ccc(-c3ccc(C(=O)C(=O)N[C@H](C)[C@](O)(c4ccc(OC5CC5)c(Cl)c4)N4CCCC4)cc3)cc12. The van der Waals surface area contributed by atoms with E-state index in [1.807, 2.05) is 47.8 Å². The Morgan fingerprint density at radius 3 is 2.40 bits per heavy atom. The molecule has 9 heteroatoms. The van der Waals surface area contributed by atoms with Gasteiger partial charge in [0.2, 0.25) is 5.78 Å². The monoisotopic (exact) mass is 586 g/mol. The molecule has 4 aromatic rings. The van der Waals surface area contributed by atoms with Crippen LogP contribution >= 0.6 is 11.6 Å². The number of fused-ring (bicyclic) bond motifs is 1. The van der Waals surface area contributed by atoms with Gasteiger partial charge in [-0.3, -0.25) is 19.2 Å². The van der Waals surface area contributed by atoms with Crippen molar-refractivity contribution in [1.29, 1.82) is 0 Å². The van der Waals surface area contributed by atoms with Crippen LogP contribution in [0.3, 0.4) is 0 Å². The third-order valence-corrected chi connectivity index (χ3v) is 8.73. The van der Waals surface area contributed by atoms with Crippen LogP contribution in [0.25, 0.3) is 22.0 Å². The Kier molecular flexibility index (Phi) is 7.55. The minimum Gasteiger partial charge on any atom is -0.489 e. The Bertz CT molecular complexity index is 1660. The van der Waals surface area contributed by atoms with Gasteiger partial charge in [0.25, 0.3) is 5.91 Å². The molecule has 0 spiro atoms. The van der Waals surface area contributed by atoms with Crippen LogP contribution in [0.5, 0.6) is 5.75 Å². The Morgan fingerprint density at radius 2 is 1.74 bits per heavy atom. The number of carbonyl (C=O) groups is 2. The number of amides is 1. The van der Waals surface area contributed by atoms with Gasteiger partial charge < -0.3 is 15.2 Å². The number of likely N-dealkylation sites (tertiary alicyclic amines) is 1. The average Bonchev–Trinajstić information content (AvgIpc) is 3.53. The van der Waals surface area contributed by atoms with Gasteiger partial charge in [-0.25, -0.2) is 0 Å². The molecule has 1 saturated heterocycles. The van der Waals surface area contributed by atoms with E-state index in [2.05, 4.69) is 16.5 Å². The normalized spacial score (nSPS) is 17.6. The van der Waals surface area contributed by atoms with Crippen LogP contribution in [-0.2, 0) is 17.6 Å². The summed E-state index contributed by atoms with van der Waals surface area (Å²) in [4.78, 5) is 28.3. The van der Waals surface area contributed by atoms with E-state index < -0.39 is 23.5 Å². The molecular formula is C33H35ClN4O4. The van der Waals surface area contributed by atoms with Crippen molar-refractivity contribution in [3.8, 4) is 16.9 Å². The van der Waals surface area contributed by atoms with Crippen LogP contribution < -0.4 is 10.1 Å². The van der Waals surface area contributed by atoms with Crippen molar-refractivity contribution in [1.82, 2.24) is 20.0 Å². The molecule has 1 aromatic heterocycles. The Morgan fingerprint density at radius 1 is 1.05 bits per heavy atom. The van der Waals surface area contributed by atoms with Crippen molar-refractivity contribution in [2.75, 3.05) is 13.1 Å². The molecule has 6 rings (SSSR count). The maximum Gasteiger partial charge on any atom is 0.292 e. The Labute approximate surface area is 250 Å². The molecule has 1 aliphatic heterocycles. The molecule has 1 amide bonds. The lowest BCUT2D eigenvalue weighted by molar-refractivity contribution is -0.139. The number of halogens is 1. The minimum absolute atomic E-state index is 0.193. The molecule has 2 fully saturated rings. The van der Waals surface area contributed by atoms with Gasteiger partial charge >= 0.3 is 0 Å². The Hall–Kier alpha value is -3.72. The highest BCUT2D eigenvalue weighted by Crippen LogP contribution is 2.38. The third-order valence-electron chi connectivity index (χ3n) is 8.44. The van der Waals surface area contributed by atoms with Gasteiger partial charge in [0.05, 0.1) is 28.4 Å². The zero-order valence-corrected chi connectivity index (χ0v) is 24.8. The van der Waals surface area contributed by atoms with E-state index >= 15 is 0 Å². The van der Waals surface area contributed by atoms with Crippen molar-refractivity contribution >= 4 is 34.2 Å². The molecule has 0 bridgehead atoms. The number of rotatable bonds is 9. The first kappa shape index (κ1) is 28.4. The largest absolute Gasteiger partial charge is 0.489 e. The summed E-state index contributed by atoms with van der Waals surface area (Å²) in [6.07, 6.45) is 4.07. The average molecular weight is 587 g/mol. The van der Waals surface area contributed by atoms with Crippen molar-refractivity contribution in [2.45, 2.75) is 57.4 Å². The molecule has 1 aliphatic carbocycles. The fraction of sp³-hybridized carbons (Fsp3) is 0.364. The van der Waals surface area contributed by atoms with Crippen LogP contribution in [0.15, 0.2) is 60.7 Å². The molecule has 0 radical (unpaired) electrons. The van der Waals surface area contributed by atoms with Gasteiger partial charge in [-0.2, -0.15) is 5.10 Å². The zero-order chi connectivity index (χ0) is 29.6. The summed E-state index contributed by atoms with van der Waals surface area (Å²) in [7, 11) is 1.92. The van der Waals surface area contributed by atoms with E-state index in [1.165, 1.54) is 0 Å². The van der Waals surface area contributed by atoms with E-state index in [-0.39, 0.29) is 11.7 Å². The molecule has 2 atom stereocenters. The second-order valence-electron chi connectivity index (χ2n) is 11.4. The molecular weight excluding hydrogens is 552 g/mol. The predicted octanol–water partition coefficient (Wildman–Crippen LogP) is 5.37. The first-order chi connectivity index (χ1) is 20.1. The third kappa shape index (κ3) is 5.30.